The third-order valence-corrected chi connectivity index (χ3v) is 6.01. The average Bonchev–Trinajstić information content (AvgIpc) is 3.06. The topological polar surface area (TPSA) is 81.9 Å². The molecule has 2 aliphatic rings. The van der Waals surface area contributed by atoms with Crippen molar-refractivity contribution >= 4 is 47.3 Å². The summed E-state index contributed by atoms with van der Waals surface area (Å²) in [6, 6.07) is 4.23. The number of hydrogen-bond donors (Lipinski definition) is 1. The zero-order chi connectivity index (χ0) is 22.3. The van der Waals surface area contributed by atoms with Crippen LogP contribution < -0.4 is 15.1 Å². The molecule has 2 fully saturated rings. The van der Waals surface area contributed by atoms with Crippen molar-refractivity contribution in [2.45, 2.75) is 39.2 Å². The monoisotopic (exact) mass is 566 g/mol. The summed E-state index contributed by atoms with van der Waals surface area (Å²) in [5, 5.41) is 7.51. The third-order valence-electron chi connectivity index (χ3n) is 6.01. The molecule has 0 aromatic carbocycles. The second-order valence-electron chi connectivity index (χ2n) is 8.44. The van der Waals surface area contributed by atoms with Gasteiger partial charge in [0.15, 0.2) is 5.96 Å². The number of guanidine groups is 1. The number of anilines is 2. The Hall–Kier alpha value is -2.37. The number of aliphatic imine (C=N–C) groups is 1. The van der Waals surface area contributed by atoms with Crippen molar-refractivity contribution in [2.24, 2.45) is 12.0 Å². The highest BCUT2D eigenvalue weighted by Gasteiger charge is 2.27. The molecule has 0 unspecified atom stereocenters. The lowest BCUT2D eigenvalue weighted by Crippen LogP contribution is -2.55. The van der Waals surface area contributed by atoms with Gasteiger partial charge in [-0.1, -0.05) is 18.9 Å². The molecule has 0 atom stereocenters. The summed E-state index contributed by atoms with van der Waals surface area (Å²) in [6.07, 6.45) is 10.6. The molecule has 0 saturated carbocycles. The van der Waals surface area contributed by atoms with Crippen LogP contribution in [0.5, 0.6) is 0 Å². The van der Waals surface area contributed by atoms with Crippen LogP contribution in [0.15, 0.2) is 35.7 Å². The largest absolute Gasteiger partial charge is 0.357 e. The minimum absolute atomic E-state index is 0. The fourth-order valence-electron chi connectivity index (χ4n) is 4.26. The molecule has 180 valence electrons. The molecule has 0 aliphatic carbocycles. The van der Waals surface area contributed by atoms with Crippen LogP contribution in [0.2, 0.25) is 0 Å². The Morgan fingerprint density at radius 3 is 2.48 bits per heavy atom. The summed E-state index contributed by atoms with van der Waals surface area (Å²) in [5.74, 6) is 1.88. The molecular weight excluding hydrogens is 531 g/mol. The van der Waals surface area contributed by atoms with Crippen molar-refractivity contribution in [1.29, 1.82) is 0 Å². The van der Waals surface area contributed by atoms with Crippen LogP contribution in [0.1, 0.15) is 38.2 Å². The second-order valence-corrected chi connectivity index (χ2v) is 8.44. The highest BCUT2D eigenvalue weighted by atomic mass is 127. The quantitative estimate of drug-likeness (QED) is 0.341. The summed E-state index contributed by atoms with van der Waals surface area (Å²) >= 11 is 0. The number of piperazine rings is 1. The first-order chi connectivity index (χ1) is 15.6. The molecule has 4 heterocycles. The Bertz CT molecular complexity index is 921. The van der Waals surface area contributed by atoms with Gasteiger partial charge in [0.05, 0.1) is 18.4 Å². The Labute approximate surface area is 213 Å². The zero-order valence-electron chi connectivity index (χ0n) is 19.6. The van der Waals surface area contributed by atoms with E-state index in [2.05, 4.69) is 27.4 Å². The van der Waals surface area contributed by atoms with Crippen molar-refractivity contribution in [3.05, 3.63) is 36.3 Å². The van der Waals surface area contributed by atoms with E-state index < -0.39 is 0 Å². The smallest absolute Gasteiger partial charge is 0.246 e. The Morgan fingerprint density at radius 1 is 1.09 bits per heavy atom. The molecular formula is C23H35IN8O. The lowest BCUT2D eigenvalue weighted by Gasteiger charge is -2.35. The summed E-state index contributed by atoms with van der Waals surface area (Å²) in [4.78, 5) is 28.4. The Morgan fingerprint density at radius 2 is 1.88 bits per heavy atom. The summed E-state index contributed by atoms with van der Waals surface area (Å²) < 4.78 is 1.71. The molecule has 2 aromatic heterocycles. The number of aromatic nitrogens is 3. The van der Waals surface area contributed by atoms with Crippen LogP contribution in [0, 0.1) is 0 Å². The second kappa shape index (κ2) is 12.2. The van der Waals surface area contributed by atoms with Gasteiger partial charge in [0, 0.05) is 52.2 Å². The fraction of sp³-hybridized carbons (Fsp3) is 0.565. The molecule has 0 spiro atoms. The van der Waals surface area contributed by atoms with Gasteiger partial charge in [-0.2, -0.15) is 5.10 Å². The number of rotatable bonds is 5. The van der Waals surface area contributed by atoms with Gasteiger partial charge in [0.25, 0.3) is 0 Å². The maximum absolute atomic E-state index is 12.8. The van der Waals surface area contributed by atoms with E-state index in [9.17, 15) is 4.79 Å². The highest BCUT2D eigenvalue weighted by molar-refractivity contribution is 14.0. The van der Waals surface area contributed by atoms with Gasteiger partial charge in [-0.05, 0) is 31.4 Å². The highest BCUT2D eigenvalue weighted by Crippen LogP contribution is 2.18. The Kier molecular flexibility index (Phi) is 9.33. The summed E-state index contributed by atoms with van der Waals surface area (Å²) in [5.41, 5.74) is 1.91. The molecule has 0 bridgehead atoms. The zero-order valence-corrected chi connectivity index (χ0v) is 21.9. The van der Waals surface area contributed by atoms with Gasteiger partial charge in [-0.25, -0.2) is 9.98 Å². The minimum Gasteiger partial charge on any atom is -0.357 e. The molecule has 2 saturated heterocycles. The molecule has 2 aromatic rings. The van der Waals surface area contributed by atoms with E-state index in [-0.39, 0.29) is 29.9 Å². The standard InChI is InChI=1S/C23H34N8O.HI/c1-3-24-23(30-12-13-31(22(32)18-30)20-16-27-28(2)17-20)26-15-19-8-9-21(25-14-19)29-10-6-4-5-7-11-29;/h8-9,14,16-17H,3-7,10-13,15,18H2,1-2H3,(H,24,26);1H. The van der Waals surface area contributed by atoms with Gasteiger partial charge in [0.1, 0.15) is 12.4 Å². The first kappa shape index (κ1) is 25.3. The lowest BCUT2D eigenvalue weighted by molar-refractivity contribution is -0.120. The first-order valence-corrected chi connectivity index (χ1v) is 11.7. The van der Waals surface area contributed by atoms with E-state index in [4.69, 9.17) is 9.98 Å². The van der Waals surface area contributed by atoms with Gasteiger partial charge in [-0.15, -0.1) is 24.0 Å². The number of aryl methyl sites for hydroxylation is 1. The van der Waals surface area contributed by atoms with E-state index in [0.717, 1.165) is 49.2 Å². The molecule has 2 aliphatic heterocycles. The normalized spacial score (nSPS) is 17.6. The van der Waals surface area contributed by atoms with Gasteiger partial charge in [0.2, 0.25) is 5.91 Å². The molecule has 1 amide bonds. The average molecular weight is 566 g/mol. The van der Waals surface area contributed by atoms with Crippen LogP contribution in [0.3, 0.4) is 0 Å². The Balaban J connectivity index is 0.00000306. The number of nitrogens with one attached hydrogen (secondary N) is 1. The number of carbonyl (C=O) groups excluding carboxylic acids is 1. The van der Waals surface area contributed by atoms with Gasteiger partial charge >= 0.3 is 0 Å². The van der Waals surface area contributed by atoms with E-state index in [1.807, 2.05) is 31.3 Å². The van der Waals surface area contributed by atoms with Crippen molar-refractivity contribution in [3.63, 3.8) is 0 Å². The van der Waals surface area contributed by atoms with Crippen LogP contribution in [-0.4, -0.2) is 70.8 Å². The van der Waals surface area contributed by atoms with Crippen molar-refractivity contribution in [3.8, 4) is 0 Å². The van der Waals surface area contributed by atoms with Crippen LogP contribution in [-0.2, 0) is 18.4 Å². The predicted molar refractivity (Wildman–Crippen MR) is 142 cm³/mol. The van der Waals surface area contributed by atoms with E-state index in [0.29, 0.717) is 19.6 Å². The number of hydrogen-bond acceptors (Lipinski definition) is 5. The molecule has 9 nitrogen and oxygen atoms in total. The third kappa shape index (κ3) is 6.58. The number of pyridine rings is 1. The summed E-state index contributed by atoms with van der Waals surface area (Å²) in [7, 11) is 1.86. The van der Waals surface area contributed by atoms with Gasteiger partial charge in [-0.3, -0.25) is 9.48 Å². The van der Waals surface area contributed by atoms with Crippen molar-refractivity contribution < 1.29 is 4.79 Å². The lowest BCUT2D eigenvalue weighted by atomic mass is 10.2. The maximum Gasteiger partial charge on any atom is 0.246 e. The number of halogens is 1. The first-order valence-electron chi connectivity index (χ1n) is 11.7. The molecule has 4 rings (SSSR count). The van der Waals surface area contributed by atoms with Crippen LogP contribution >= 0.6 is 24.0 Å². The van der Waals surface area contributed by atoms with E-state index in [1.165, 1.54) is 25.7 Å². The van der Waals surface area contributed by atoms with Crippen molar-refractivity contribution in [2.75, 3.05) is 49.1 Å². The van der Waals surface area contributed by atoms with Gasteiger partial charge < -0.3 is 20.0 Å². The van der Waals surface area contributed by atoms with Crippen LogP contribution in [0.4, 0.5) is 11.5 Å². The maximum atomic E-state index is 12.8. The summed E-state index contributed by atoms with van der Waals surface area (Å²) in [6.45, 7) is 7.14. The minimum atomic E-state index is 0. The van der Waals surface area contributed by atoms with E-state index in [1.54, 1.807) is 15.8 Å². The SMILES string of the molecule is CCNC(=NCc1ccc(N2CCCCCC2)nc1)N1CCN(c2cnn(C)c2)C(=O)C1.I. The molecule has 10 heteroatoms. The predicted octanol–water partition coefficient (Wildman–Crippen LogP) is 2.63. The van der Waals surface area contributed by atoms with E-state index >= 15 is 0 Å². The molecule has 0 radical (unpaired) electrons. The fourth-order valence-corrected chi connectivity index (χ4v) is 4.26. The molecule has 1 N–H and O–H groups in total. The number of amides is 1. The van der Waals surface area contributed by atoms with Crippen molar-refractivity contribution in [1.82, 2.24) is 25.0 Å². The number of nitrogens with zero attached hydrogens (tertiary/aromatic N) is 7. The van der Waals surface area contributed by atoms with Crippen LogP contribution in [0.25, 0.3) is 0 Å². The number of carbonyl (C=O) groups is 1. The molecule has 33 heavy (non-hydrogen) atoms.